The molecule has 1 aliphatic carbocycles. The molecule has 1 saturated carbocycles. The largest absolute Gasteiger partial charge is 0.573 e. The van der Waals surface area contributed by atoms with Gasteiger partial charge in [0.2, 0.25) is 11.8 Å². The summed E-state index contributed by atoms with van der Waals surface area (Å²) >= 11 is 0. The van der Waals surface area contributed by atoms with Crippen molar-refractivity contribution in [2.24, 2.45) is 0 Å². The van der Waals surface area contributed by atoms with Gasteiger partial charge in [0.25, 0.3) is 0 Å². The van der Waals surface area contributed by atoms with E-state index in [1.807, 2.05) is 19.0 Å². The van der Waals surface area contributed by atoms with Gasteiger partial charge in [-0.15, -0.1) is 13.2 Å². The predicted molar refractivity (Wildman–Crippen MR) is 93.2 cm³/mol. The van der Waals surface area contributed by atoms with Crippen LogP contribution in [0.3, 0.4) is 0 Å². The summed E-state index contributed by atoms with van der Waals surface area (Å²) in [4.78, 5) is 28.1. The summed E-state index contributed by atoms with van der Waals surface area (Å²) in [6.45, 7) is 1.15. The minimum atomic E-state index is -4.75. The van der Waals surface area contributed by atoms with Gasteiger partial charge in [-0.25, -0.2) is 0 Å². The van der Waals surface area contributed by atoms with E-state index in [2.05, 4.69) is 10.1 Å². The zero-order valence-electron chi connectivity index (χ0n) is 15.6. The summed E-state index contributed by atoms with van der Waals surface area (Å²) in [6, 6.07) is 5.30. The monoisotopic (exact) mass is 387 g/mol. The van der Waals surface area contributed by atoms with E-state index in [-0.39, 0.29) is 24.1 Å². The molecule has 0 unspecified atom stereocenters. The van der Waals surface area contributed by atoms with Crippen molar-refractivity contribution in [3.63, 3.8) is 0 Å². The number of nitrogens with zero attached hydrogens (tertiary/aromatic N) is 2. The lowest BCUT2D eigenvalue weighted by molar-refractivity contribution is -0.274. The molecular weight excluding hydrogens is 363 g/mol. The van der Waals surface area contributed by atoms with Crippen LogP contribution < -0.4 is 10.1 Å². The van der Waals surface area contributed by atoms with Crippen molar-refractivity contribution in [3.8, 4) is 5.75 Å². The number of benzene rings is 1. The van der Waals surface area contributed by atoms with Crippen molar-refractivity contribution in [2.45, 2.75) is 24.6 Å². The van der Waals surface area contributed by atoms with Crippen LogP contribution in [-0.2, 0) is 15.0 Å². The van der Waals surface area contributed by atoms with Crippen LogP contribution in [0, 0.1) is 0 Å². The Labute approximate surface area is 156 Å². The van der Waals surface area contributed by atoms with Crippen LogP contribution in [0.15, 0.2) is 24.3 Å². The molecule has 1 aromatic carbocycles. The van der Waals surface area contributed by atoms with E-state index in [4.69, 9.17) is 0 Å². The number of hydrogen-bond acceptors (Lipinski definition) is 4. The Morgan fingerprint density at radius 1 is 1.11 bits per heavy atom. The third-order valence-electron chi connectivity index (χ3n) is 4.53. The number of carbonyl (C=O) groups excluding carboxylic acids is 2. The number of rotatable bonds is 8. The Bertz CT molecular complexity index is 671. The van der Waals surface area contributed by atoms with E-state index in [0.29, 0.717) is 31.5 Å². The van der Waals surface area contributed by atoms with E-state index in [1.165, 1.54) is 24.3 Å². The lowest BCUT2D eigenvalue weighted by Crippen LogP contribution is -2.43. The van der Waals surface area contributed by atoms with Crippen LogP contribution in [0.5, 0.6) is 5.75 Å². The van der Waals surface area contributed by atoms with Gasteiger partial charge in [0.1, 0.15) is 5.75 Å². The van der Waals surface area contributed by atoms with Crippen molar-refractivity contribution in [1.82, 2.24) is 15.1 Å². The maximum Gasteiger partial charge on any atom is 0.573 e. The molecule has 2 amide bonds. The molecule has 27 heavy (non-hydrogen) atoms. The maximum absolute atomic E-state index is 12.5. The Hall–Kier alpha value is -2.29. The van der Waals surface area contributed by atoms with Gasteiger partial charge < -0.3 is 19.9 Å². The third-order valence-corrected chi connectivity index (χ3v) is 4.53. The number of nitrogens with one attached hydrogen (secondary N) is 1. The fourth-order valence-corrected chi connectivity index (χ4v) is 2.68. The number of likely N-dealkylation sites (N-methyl/N-ethyl adjacent to an activating group) is 2. The third kappa shape index (κ3) is 5.85. The van der Waals surface area contributed by atoms with Gasteiger partial charge in [-0.3, -0.25) is 9.59 Å². The summed E-state index contributed by atoms with van der Waals surface area (Å²) in [5.41, 5.74) is -0.165. The molecule has 0 saturated heterocycles. The molecule has 6 nitrogen and oxygen atoms in total. The molecule has 1 aliphatic rings. The molecule has 0 bridgehead atoms. The van der Waals surface area contributed by atoms with Crippen LogP contribution in [0.2, 0.25) is 0 Å². The zero-order chi connectivity index (χ0) is 20.2. The fourth-order valence-electron chi connectivity index (χ4n) is 2.68. The molecule has 0 spiro atoms. The van der Waals surface area contributed by atoms with E-state index >= 15 is 0 Å². The SMILES string of the molecule is CN(C)CCN(C)C(=O)CNC(=O)C1(c2ccc(OC(F)(F)F)cc2)CC1. The molecule has 1 aromatic rings. The fraction of sp³-hybridized carbons (Fsp3) is 0.556. The highest BCUT2D eigenvalue weighted by Crippen LogP contribution is 2.48. The highest BCUT2D eigenvalue weighted by atomic mass is 19.4. The van der Waals surface area contributed by atoms with Crippen molar-refractivity contribution in [2.75, 3.05) is 40.8 Å². The summed E-state index contributed by atoms with van der Waals surface area (Å²) in [5, 5.41) is 2.65. The predicted octanol–water partition coefficient (Wildman–Crippen LogP) is 1.75. The topological polar surface area (TPSA) is 61.9 Å². The first-order valence-electron chi connectivity index (χ1n) is 8.57. The Morgan fingerprint density at radius 2 is 1.70 bits per heavy atom. The molecule has 0 aliphatic heterocycles. The van der Waals surface area contributed by atoms with Crippen molar-refractivity contribution < 1.29 is 27.5 Å². The molecule has 0 aromatic heterocycles. The van der Waals surface area contributed by atoms with Gasteiger partial charge in [-0.05, 0) is 44.6 Å². The Balaban J connectivity index is 1.91. The molecule has 0 radical (unpaired) electrons. The summed E-state index contributed by atoms with van der Waals surface area (Å²) in [7, 11) is 5.48. The molecule has 1 fully saturated rings. The van der Waals surface area contributed by atoms with Gasteiger partial charge in [0.15, 0.2) is 0 Å². The molecule has 0 atom stereocenters. The molecule has 2 rings (SSSR count). The highest BCUT2D eigenvalue weighted by Gasteiger charge is 2.51. The van der Waals surface area contributed by atoms with E-state index in [9.17, 15) is 22.8 Å². The quantitative estimate of drug-likeness (QED) is 0.738. The van der Waals surface area contributed by atoms with Crippen LogP contribution in [-0.4, -0.2) is 68.8 Å². The van der Waals surface area contributed by atoms with Crippen LogP contribution in [0.25, 0.3) is 0 Å². The highest BCUT2D eigenvalue weighted by molar-refractivity contribution is 5.93. The number of alkyl halides is 3. The molecule has 9 heteroatoms. The second kappa shape index (κ2) is 8.16. The molecule has 1 N–H and O–H groups in total. The van der Waals surface area contributed by atoms with Gasteiger partial charge in [-0.2, -0.15) is 0 Å². The molecule has 150 valence electrons. The zero-order valence-corrected chi connectivity index (χ0v) is 15.6. The van der Waals surface area contributed by atoms with Crippen molar-refractivity contribution >= 4 is 11.8 Å². The van der Waals surface area contributed by atoms with Crippen molar-refractivity contribution in [1.29, 1.82) is 0 Å². The van der Waals surface area contributed by atoms with E-state index < -0.39 is 11.8 Å². The molecule has 0 heterocycles. The number of halogens is 3. The first kappa shape index (κ1) is 21.0. The van der Waals surface area contributed by atoms with Gasteiger partial charge in [0.05, 0.1) is 12.0 Å². The minimum Gasteiger partial charge on any atom is -0.406 e. The average molecular weight is 387 g/mol. The number of amides is 2. The van der Waals surface area contributed by atoms with Gasteiger partial charge in [-0.1, -0.05) is 12.1 Å². The smallest absolute Gasteiger partial charge is 0.406 e. The number of hydrogen-bond donors (Lipinski definition) is 1. The van der Waals surface area contributed by atoms with E-state index in [1.54, 1.807) is 11.9 Å². The second-order valence-corrected chi connectivity index (χ2v) is 6.96. The minimum absolute atomic E-state index is 0.111. The summed E-state index contributed by atoms with van der Waals surface area (Å²) in [6.07, 6.45) is -3.58. The van der Waals surface area contributed by atoms with E-state index in [0.717, 1.165) is 0 Å². The standard InChI is InChI=1S/C18H24F3N3O3/c1-23(2)10-11-24(3)15(25)12-22-16(26)17(8-9-17)13-4-6-14(7-5-13)27-18(19,20)21/h4-7H,8-12H2,1-3H3,(H,22,26). The summed E-state index contributed by atoms with van der Waals surface area (Å²) < 4.78 is 40.5. The van der Waals surface area contributed by atoms with Crippen LogP contribution >= 0.6 is 0 Å². The average Bonchev–Trinajstić information content (AvgIpc) is 3.38. The number of carbonyl (C=O) groups is 2. The van der Waals surface area contributed by atoms with Gasteiger partial charge >= 0.3 is 6.36 Å². The second-order valence-electron chi connectivity index (χ2n) is 6.96. The van der Waals surface area contributed by atoms with Crippen LogP contribution in [0.4, 0.5) is 13.2 Å². The Morgan fingerprint density at radius 3 is 2.19 bits per heavy atom. The van der Waals surface area contributed by atoms with Gasteiger partial charge in [0, 0.05) is 20.1 Å². The first-order chi connectivity index (χ1) is 12.5. The lowest BCUT2D eigenvalue weighted by Gasteiger charge is -2.21. The normalized spacial score (nSPS) is 15.4. The molecular formula is C18H24F3N3O3. The Kier molecular flexibility index (Phi) is 6.35. The van der Waals surface area contributed by atoms with Crippen LogP contribution in [0.1, 0.15) is 18.4 Å². The van der Waals surface area contributed by atoms with Crippen molar-refractivity contribution in [3.05, 3.63) is 29.8 Å². The first-order valence-corrected chi connectivity index (χ1v) is 8.57. The number of ether oxygens (including phenoxy) is 1. The maximum atomic E-state index is 12.5. The lowest BCUT2D eigenvalue weighted by atomic mass is 9.95. The summed E-state index contributed by atoms with van der Waals surface area (Å²) in [5.74, 6) is -0.823.